The fraction of sp³-hybridized carbons (Fsp3) is 0.706. The molecule has 6 heteroatoms. The average Bonchev–Trinajstić information content (AvgIpc) is 3.01. The molecule has 0 atom stereocenters. The van der Waals surface area contributed by atoms with E-state index in [1.54, 1.807) is 10.8 Å². The molecular formula is C17H27N5O. The van der Waals surface area contributed by atoms with Gasteiger partial charge in [-0.2, -0.15) is 9.61 Å². The molecule has 2 aromatic heterocycles. The minimum atomic E-state index is 0.317. The maximum Gasteiger partial charge on any atom is 0.200 e. The van der Waals surface area contributed by atoms with Crippen molar-refractivity contribution in [2.75, 3.05) is 24.6 Å². The third-order valence-electron chi connectivity index (χ3n) is 4.48. The van der Waals surface area contributed by atoms with Gasteiger partial charge in [0, 0.05) is 19.7 Å². The highest BCUT2D eigenvalue weighted by Crippen LogP contribution is 2.28. The number of piperidine rings is 1. The van der Waals surface area contributed by atoms with Crippen LogP contribution in [0.2, 0.25) is 0 Å². The van der Waals surface area contributed by atoms with Crippen molar-refractivity contribution in [1.82, 2.24) is 19.8 Å². The first kappa shape index (κ1) is 16.2. The Morgan fingerprint density at radius 3 is 2.61 bits per heavy atom. The Labute approximate surface area is 137 Å². The minimum absolute atomic E-state index is 0.317. The fourth-order valence-corrected chi connectivity index (χ4v) is 3.01. The lowest BCUT2D eigenvalue weighted by atomic mass is 9.97. The summed E-state index contributed by atoms with van der Waals surface area (Å²) in [6.07, 6.45) is 4.32. The summed E-state index contributed by atoms with van der Waals surface area (Å²) in [7, 11) is 0. The van der Waals surface area contributed by atoms with Gasteiger partial charge in [0.05, 0.1) is 17.5 Å². The third-order valence-corrected chi connectivity index (χ3v) is 4.48. The van der Waals surface area contributed by atoms with Crippen LogP contribution in [0.15, 0.2) is 12.4 Å². The SMILES string of the molecule is CC(C)OCC1CCN(c2cc(C(C)C)nn3cnnc23)CC1. The molecule has 0 amide bonds. The van der Waals surface area contributed by atoms with E-state index in [0.29, 0.717) is 17.9 Å². The van der Waals surface area contributed by atoms with Crippen molar-refractivity contribution in [2.24, 2.45) is 5.92 Å². The van der Waals surface area contributed by atoms with Crippen LogP contribution in [0.5, 0.6) is 0 Å². The predicted molar refractivity (Wildman–Crippen MR) is 90.9 cm³/mol. The second-order valence-electron chi connectivity index (χ2n) is 7.02. The predicted octanol–water partition coefficient (Wildman–Crippen LogP) is 2.89. The largest absolute Gasteiger partial charge is 0.379 e. The summed E-state index contributed by atoms with van der Waals surface area (Å²) in [5.41, 5.74) is 3.09. The van der Waals surface area contributed by atoms with Crippen molar-refractivity contribution in [3.05, 3.63) is 18.1 Å². The summed E-state index contributed by atoms with van der Waals surface area (Å²) >= 11 is 0. The first-order valence-corrected chi connectivity index (χ1v) is 8.62. The van der Waals surface area contributed by atoms with Gasteiger partial charge in [-0.25, -0.2) is 0 Å². The maximum absolute atomic E-state index is 5.78. The lowest BCUT2D eigenvalue weighted by Crippen LogP contribution is -2.36. The number of nitrogens with zero attached hydrogens (tertiary/aromatic N) is 5. The molecule has 1 fully saturated rings. The Kier molecular flexibility index (Phi) is 4.80. The summed E-state index contributed by atoms with van der Waals surface area (Å²) in [6, 6.07) is 2.18. The molecule has 0 unspecified atom stereocenters. The van der Waals surface area contributed by atoms with Crippen LogP contribution < -0.4 is 4.90 Å². The highest BCUT2D eigenvalue weighted by molar-refractivity contribution is 5.68. The van der Waals surface area contributed by atoms with Crippen molar-refractivity contribution in [2.45, 2.75) is 52.6 Å². The smallest absolute Gasteiger partial charge is 0.200 e. The zero-order chi connectivity index (χ0) is 16.4. The molecular weight excluding hydrogens is 290 g/mol. The fourth-order valence-electron chi connectivity index (χ4n) is 3.01. The highest BCUT2D eigenvalue weighted by atomic mass is 16.5. The van der Waals surface area contributed by atoms with Crippen LogP contribution in [0.25, 0.3) is 5.65 Å². The summed E-state index contributed by atoms with van der Waals surface area (Å²) in [6.45, 7) is 11.5. The van der Waals surface area contributed by atoms with E-state index in [2.05, 4.69) is 54.0 Å². The molecule has 3 heterocycles. The molecule has 0 bridgehead atoms. The zero-order valence-corrected chi connectivity index (χ0v) is 14.6. The van der Waals surface area contributed by atoms with E-state index in [9.17, 15) is 0 Å². The molecule has 0 aliphatic carbocycles. The van der Waals surface area contributed by atoms with E-state index >= 15 is 0 Å². The molecule has 2 aromatic rings. The number of hydrogen-bond donors (Lipinski definition) is 0. The van der Waals surface area contributed by atoms with Crippen molar-refractivity contribution < 1.29 is 4.74 Å². The van der Waals surface area contributed by atoms with Gasteiger partial charge in [-0.1, -0.05) is 13.8 Å². The number of aromatic nitrogens is 4. The van der Waals surface area contributed by atoms with Crippen molar-refractivity contribution in [3.8, 4) is 0 Å². The second-order valence-corrected chi connectivity index (χ2v) is 7.02. The van der Waals surface area contributed by atoms with Gasteiger partial charge in [-0.3, -0.25) is 0 Å². The summed E-state index contributed by atoms with van der Waals surface area (Å²) < 4.78 is 7.58. The molecule has 6 nitrogen and oxygen atoms in total. The third kappa shape index (κ3) is 3.63. The summed E-state index contributed by atoms with van der Waals surface area (Å²) in [5.74, 6) is 1.05. The summed E-state index contributed by atoms with van der Waals surface area (Å²) in [5, 5.41) is 12.9. The molecule has 1 aliphatic heterocycles. The van der Waals surface area contributed by atoms with Gasteiger partial charge in [0.15, 0.2) is 0 Å². The molecule has 0 spiro atoms. The average molecular weight is 317 g/mol. The zero-order valence-electron chi connectivity index (χ0n) is 14.6. The van der Waals surface area contributed by atoms with Crippen molar-refractivity contribution in [1.29, 1.82) is 0 Å². The summed E-state index contributed by atoms with van der Waals surface area (Å²) in [4.78, 5) is 2.42. The lowest BCUT2D eigenvalue weighted by Gasteiger charge is -2.34. The van der Waals surface area contributed by atoms with Crippen LogP contribution in [-0.2, 0) is 4.74 Å². The van der Waals surface area contributed by atoms with Crippen molar-refractivity contribution in [3.63, 3.8) is 0 Å². The van der Waals surface area contributed by atoms with Gasteiger partial charge in [-0.15, -0.1) is 10.2 Å². The lowest BCUT2D eigenvalue weighted by molar-refractivity contribution is 0.0449. The Balaban J connectivity index is 1.75. The topological polar surface area (TPSA) is 55.5 Å². The van der Waals surface area contributed by atoms with Crippen LogP contribution >= 0.6 is 0 Å². The minimum Gasteiger partial charge on any atom is -0.379 e. The molecule has 126 valence electrons. The molecule has 0 N–H and O–H groups in total. The van der Waals surface area contributed by atoms with Crippen molar-refractivity contribution >= 4 is 11.3 Å². The molecule has 23 heavy (non-hydrogen) atoms. The van der Waals surface area contributed by atoms with E-state index < -0.39 is 0 Å². The maximum atomic E-state index is 5.78. The first-order chi connectivity index (χ1) is 11.0. The van der Waals surface area contributed by atoms with E-state index in [0.717, 1.165) is 49.6 Å². The normalized spacial score (nSPS) is 16.9. The number of ether oxygens (including phenoxy) is 1. The van der Waals surface area contributed by atoms with Crippen LogP contribution in [0.3, 0.4) is 0 Å². The Morgan fingerprint density at radius 1 is 1.22 bits per heavy atom. The number of rotatable bonds is 5. The Morgan fingerprint density at radius 2 is 1.96 bits per heavy atom. The Hall–Kier alpha value is -1.69. The Bertz CT molecular complexity index is 643. The van der Waals surface area contributed by atoms with Gasteiger partial charge >= 0.3 is 0 Å². The monoisotopic (exact) mass is 317 g/mol. The molecule has 1 saturated heterocycles. The number of hydrogen-bond acceptors (Lipinski definition) is 5. The standard InChI is InChI=1S/C17H27N5O/c1-12(2)15-9-16(17-19-18-11-22(17)20-15)21-7-5-14(6-8-21)10-23-13(3)4/h9,11-14H,5-8,10H2,1-4H3. The number of fused-ring (bicyclic) bond motifs is 1. The highest BCUT2D eigenvalue weighted by Gasteiger charge is 2.23. The van der Waals surface area contributed by atoms with Gasteiger partial charge in [0.1, 0.15) is 6.33 Å². The van der Waals surface area contributed by atoms with E-state index in [1.165, 1.54) is 0 Å². The molecule has 0 radical (unpaired) electrons. The van der Waals surface area contributed by atoms with E-state index in [1.807, 2.05) is 0 Å². The van der Waals surface area contributed by atoms with Gasteiger partial charge in [0.2, 0.25) is 5.65 Å². The quantitative estimate of drug-likeness (QED) is 0.848. The van der Waals surface area contributed by atoms with Gasteiger partial charge in [0.25, 0.3) is 0 Å². The van der Waals surface area contributed by atoms with Gasteiger partial charge < -0.3 is 9.64 Å². The van der Waals surface area contributed by atoms with Crippen LogP contribution in [0.1, 0.15) is 52.1 Å². The molecule has 1 aliphatic rings. The molecule has 3 rings (SSSR count). The second kappa shape index (κ2) is 6.83. The van der Waals surface area contributed by atoms with Crippen LogP contribution in [0.4, 0.5) is 5.69 Å². The number of anilines is 1. The molecule has 0 saturated carbocycles. The van der Waals surface area contributed by atoms with Gasteiger partial charge in [-0.05, 0) is 44.6 Å². The first-order valence-electron chi connectivity index (χ1n) is 8.62. The molecule has 0 aromatic carbocycles. The van der Waals surface area contributed by atoms with Crippen LogP contribution in [-0.4, -0.2) is 45.6 Å². The van der Waals surface area contributed by atoms with E-state index in [-0.39, 0.29) is 0 Å². The van der Waals surface area contributed by atoms with E-state index in [4.69, 9.17) is 4.74 Å². The van der Waals surface area contributed by atoms with Crippen LogP contribution in [0, 0.1) is 5.92 Å².